The van der Waals surface area contributed by atoms with Gasteiger partial charge < -0.3 is 11.1 Å². The Bertz CT molecular complexity index is 328. The number of amidine groups is 1. The minimum absolute atomic E-state index is 0.782. The van der Waals surface area contributed by atoms with Gasteiger partial charge in [0.1, 0.15) is 5.84 Å². The molecule has 0 unspecified atom stereocenters. The first-order valence-corrected chi connectivity index (χ1v) is 5.75. The second kappa shape index (κ2) is 7.01. The lowest BCUT2D eigenvalue weighted by atomic mass is 10.1. The quantitative estimate of drug-likeness (QED) is 0.448. The molecule has 1 rings (SSSR count). The molecule has 1 aromatic carbocycles. The lowest BCUT2D eigenvalue weighted by molar-refractivity contribution is 0.745. The van der Waals surface area contributed by atoms with Crippen LogP contribution in [0.1, 0.15) is 24.0 Å². The molecule has 0 bridgehead atoms. The number of rotatable bonds is 5. The minimum Gasteiger partial charge on any atom is -0.373 e. The van der Waals surface area contributed by atoms with Gasteiger partial charge in [0.2, 0.25) is 0 Å². The van der Waals surface area contributed by atoms with Crippen LogP contribution < -0.4 is 11.1 Å². The van der Waals surface area contributed by atoms with Gasteiger partial charge in [0.05, 0.1) is 0 Å². The van der Waals surface area contributed by atoms with Crippen molar-refractivity contribution < 1.29 is 0 Å². The number of hydrogen-bond acceptors (Lipinski definition) is 2. The maximum Gasteiger partial charge on any atom is 0.127 e. The summed E-state index contributed by atoms with van der Waals surface area (Å²) >= 11 is 0. The van der Waals surface area contributed by atoms with E-state index >= 15 is 0 Å². The zero-order chi connectivity index (χ0) is 11.8. The molecule has 0 saturated carbocycles. The van der Waals surface area contributed by atoms with E-state index in [4.69, 9.17) is 5.73 Å². The van der Waals surface area contributed by atoms with E-state index in [1.54, 1.807) is 7.05 Å². The summed E-state index contributed by atoms with van der Waals surface area (Å²) in [5.74, 6) is 0.925. The van der Waals surface area contributed by atoms with Crippen molar-refractivity contribution >= 4 is 5.84 Å². The first-order valence-electron chi connectivity index (χ1n) is 5.75. The molecule has 16 heavy (non-hydrogen) atoms. The van der Waals surface area contributed by atoms with Gasteiger partial charge in [-0.1, -0.05) is 24.3 Å². The highest BCUT2D eigenvalue weighted by Gasteiger charge is 1.99. The molecule has 0 aliphatic carbocycles. The van der Waals surface area contributed by atoms with Crippen LogP contribution in [0.25, 0.3) is 0 Å². The number of aliphatic imine (C=N–C) groups is 1. The molecular formula is C13H21N3. The number of nitrogens with two attached hydrogens (primary N) is 1. The van der Waals surface area contributed by atoms with Gasteiger partial charge >= 0.3 is 0 Å². The van der Waals surface area contributed by atoms with E-state index in [2.05, 4.69) is 34.6 Å². The molecule has 0 atom stereocenters. The second-order valence-electron chi connectivity index (χ2n) is 3.76. The summed E-state index contributed by atoms with van der Waals surface area (Å²) in [5.41, 5.74) is 7.97. The van der Waals surface area contributed by atoms with Crippen LogP contribution >= 0.6 is 0 Å². The zero-order valence-corrected chi connectivity index (χ0v) is 10.2. The van der Waals surface area contributed by atoms with Gasteiger partial charge in [-0.2, -0.15) is 0 Å². The summed E-state index contributed by atoms with van der Waals surface area (Å²) in [6.45, 7) is 0.782. The Morgan fingerprint density at radius 2 is 1.94 bits per heavy atom. The first kappa shape index (κ1) is 12.7. The van der Waals surface area contributed by atoms with Crippen molar-refractivity contribution in [2.24, 2.45) is 10.7 Å². The third-order valence-corrected chi connectivity index (χ3v) is 2.61. The maximum absolute atomic E-state index is 5.47. The molecule has 3 nitrogen and oxygen atoms in total. The van der Waals surface area contributed by atoms with Crippen molar-refractivity contribution in [3.8, 4) is 0 Å². The Kier molecular flexibility index (Phi) is 5.57. The molecule has 3 N–H and O–H groups in total. The molecule has 0 aromatic heterocycles. The van der Waals surface area contributed by atoms with Crippen molar-refractivity contribution in [2.45, 2.75) is 19.3 Å². The highest BCUT2D eigenvalue weighted by molar-refractivity contribution is 5.98. The number of benzene rings is 1. The summed E-state index contributed by atoms with van der Waals surface area (Å²) in [6, 6.07) is 8.54. The molecule has 0 aliphatic heterocycles. The molecule has 0 saturated heterocycles. The van der Waals surface area contributed by atoms with Crippen LogP contribution in [0.5, 0.6) is 0 Å². The average molecular weight is 219 g/mol. The smallest absolute Gasteiger partial charge is 0.127 e. The Balaban J connectivity index is 2.60. The van der Waals surface area contributed by atoms with Crippen LogP contribution in [0.4, 0.5) is 0 Å². The predicted octanol–water partition coefficient (Wildman–Crippen LogP) is 1.56. The molecule has 0 fully saturated rings. The molecule has 88 valence electrons. The number of hydrogen-bond donors (Lipinski definition) is 2. The van der Waals surface area contributed by atoms with E-state index in [0.29, 0.717) is 0 Å². The molecular weight excluding hydrogens is 198 g/mol. The second-order valence-corrected chi connectivity index (χ2v) is 3.76. The van der Waals surface area contributed by atoms with Gasteiger partial charge in [-0.25, -0.2) is 0 Å². The lowest BCUT2D eigenvalue weighted by Gasteiger charge is -2.06. The summed E-state index contributed by atoms with van der Waals surface area (Å²) in [5, 5.41) is 3.07. The van der Waals surface area contributed by atoms with E-state index in [1.807, 2.05) is 7.05 Å². The van der Waals surface area contributed by atoms with Gasteiger partial charge in [0.15, 0.2) is 0 Å². The Morgan fingerprint density at radius 3 is 2.44 bits per heavy atom. The van der Waals surface area contributed by atoms with Gasteiger partial charge in [-0.3, -0.25) is 4.99 Å². The van der Waals surface area contributed by atoms with Crippen molar-refractivity contribution in [1.82, 2.24) is 5.32 Å². The van der Waals surface area contributed by atoms with Crippen molar-refractivity contribution in [2.75, 3.05) is 20.6 Å². The summed E-state index contributed by atoms with van der Waals surface area (Å²) in [6.07, 6.45) is 3.37. The van der Waals surface area contributed by atoms with Crippen LogP contribution in [-0.2, 0) is 6.42 Å². The molecule has 0 amide bonds. The van der Waals surface area contributed by atoms with E-state index < -0.39 is 0 Å². The SMILES string of the molecule is CN=C(NC)c1ccc(CCCCN)cc1. The third kappa shape index (κ3) is 3.66. The molecule has 3 heteroatoms. The molecule has 0 aliphatic rings. The van der Waals surface area contributed by atoms with E-state index in [1.165, 1.54) is 5.56 Å². The van der Waals surface area contributed by atoms with Gasteiger partial charge in [-0.05, 0) is 31.4 Å². The normalized spacial score (nSPS) is 11.6. The van der Waals surface area contributed by atoms with Gasteiger partial charge in [-0.15, -0.1) is 0 Å². The van der Waals surface area contributed by atoms with E-state index in [9.17, 15) is 0 Å². The number of nitrogens with zero attached hydrogens (tertiary/aromatic N) is 1. The highest BCUT2D eigenvalue weighted by atomic mass is 14.9. The highest BCUT2D eigenvalue weighted by Crippen LogP contribution is 2.08. The molecule has 1 aromatic rings. The predicted molar refractivity (Wildman–Crippen MR) is 70.0 cm³/mol. The summed E-state index contributed by atoms with van der Waals surface area (Å²) in [7, 11) is 3.68. The van der Waals surface area contributed by atoms with E-state index in [0.717, 1.165) is 37.2 Å². The largest absolute Gasteiger partial charge is 0.373 e. The van der Waals surface area contributed by atoms with Crippen LogP contribution in [0, 0.1) is 0 Å². The Hall–Kier alpha value is -1.35. The van der Waals surface area contributed by atoms with Gasteiger partial charge in [0, 0.05) is 19.7 Å². The van der Waals surface area contributed by atoms with Crippen LogP contribution in [0.2, 0.25) is 0 Å². The lowest BCUT2D eigenvalue weighted by Crippen LogP contribution is -2.19. The molecule has 0 spiro atoms. The van der Waals surface area contributed by atoms with E-state index in [-0.39, 0.29) is 0 Å². The Labute approximate surface area is 97.8 Å². The first-order chi connectivity index (χ1) is 7.81. The topological polar surface area (TPSA) is 50.4 Å². The molecule has 0 heterocycles. The van der Waals surface area contributed by atoms with Gasteiger partial charge in [0.25, 0.3) is 0 Å². The number of aryl methyl sites for hydroxylation is 1. The third-order valence-electron chi connectivity index (χ3n) is 2.61. The maximum atomic E-state index is 5.47. The van der Waals surface area contributed by atoms with Crippen LogP contribution in [0.15, 0.2) is 29.3 Å². The Morgan fingerprint density at radius 1 is 1.25 bits per heavy atom. The van der Waals surface area contributed by atoms with Crippen LogP contribution in [0.3, 0.4) is 0 Å². The average Bonchev–Trinajstić information content (AvgIpc) is 2.33. The zero-order valence-electron chi connectivity index (χ0n) is 10.2. The van der Waals surface area contributed by atoms with Crippen molar-refractivity contribution in [3.63, 3.8) is 0 Å². The minimum atomic E-state index is 0.782. The fourth-order valence-corrected chi connectivity index (χ4v) is 1.69. The van der Waals surface area contributed by atoms with Crippen LogP contribution in [-0.4, -0.2) is 26.5 Å². The summed E-state index contributed by atoms with van der Waals surface area (Å²) in [4.78, 5) is 4.17. The monoisotopic (exact) mass is 219 g/mol. The fourth-order valence-electron chi connectivity index (χ4n) is 1.69. The van der Waals surface area contributed by atoms with Crippen molar-refractivity contribution in [3.05, 3.63) is 35.4 Å². The molecule has 0 radical (unpaired) electrons. The standard InChI is InChI=1S/C13H21N3/c1-15-13(16-2)12-8-6-11(7-9-12)5-3-4-10-14/h6-9H,3-5,10,14H2,1-2H3,(H,15,16). The summed E-state index contributed by atoms with van der Waals surface area (Å²) < 4.78 is 0. The fraction of sp³-hybridized carbons (Fsp3) is 0.462. The van der Waals surface area contributed by atoms with Crippen molar-refractivity contribution in [1.29, 1.82) is 0 Å². The number of unbranched alkanes of at least 4 members (excludes halogenated alkanes) is 1. The number of nitrogens with one attached hydrogen (secondary N) is 1.